The highest BCUT2D eigenvalue weighted by Gasteiger charge is 2.16. The molecule has 0 aliphatic carbocycles. The van der Waals surface area contributed by atoms with Gasteiger partial charge in [0, 0.05) is 18.3 Å². The van der Waals surface area contributed by atoms with Gasteiger partial charge in [-0.15, -0.1) is 0 Å². The number of pyridine rings is 1. The first kappa shape index (κ1) is 21.4. The third-order valence-electron chi connectivity index (χ3n) is 4.26. The molecule has 1 heterocycles. The van der Waals surface area contributed by atoms with Crippen LogP contribution in [0.15, 0.2) is 54.7 Å². The number of nitrogens with two attached hydrogens (primary N) is 1. The number of hydrogen-bond donors (Lipinski definition) is 3. The molecule has 2 aromatic carbocycles. The zero-order valence-electron chi connectivity index (χ0n) is 16.8. The van der Waals surface area contributed by atoms with E-state index < -0.39 is 11.8 Å². The normalized spacial score (nSPS) is 11.1. The summed E-state index contributed by atoms with van der Waals surface area (Å²) in [6, 6.07) is 12.0. The molecule has 6 nitrogen and oxygen atoms in total. The van der Waals surface area contributed by atoms with Crippen molar-refractivity contribution in [2.24, 2.45) is 0 Å². The van der Waals surface area contributed by atoms with Crippen LogP contribution in [0.3, 0.4) is 0 Å². The summed E-state index contributed by atoms with van der Waals surface area (Å²) in [6.45, 7) is 6.16. The van der Waals surface area contributed by atoms with E-state index in [1.807, 2.05) is 6.07 Å². The summed E-state index contributed by atoms with van der Waals surface area (Å²) >= 11 is 6.19. The van der Waals surface area contributed by atoms with Crippen LogP contribution in [0, 0.1) is 5.82 Å². The van der Waals surface area contributed by atoms with Crippen molar-refractivity contribution >= 4 is 34.8 Å². The van der Waals surface area contributed by atoms with Crippen LogP contribution in [0.1, 0.15) is 26.3 Å². The van der Waals surface area contributed by atoms with Gasteiger partial charge in [0.15, 0.2) is 0 Å². The van der Waals surface area contributed by atoms with Gasteiger partial charge in [-0.25, -0.2) is 14.2 Å². The van der Waals surface area contributed by atoms with E-state index in [4.69, 9.17) is 22.1 Å². The number of anilines is 3. The zero-order valence-corrected chi connectivity index (χ0v) is 17.5. The highest BCUT2D eigenvalue weighted by atomic mass is 35.5. The minimum absolute atomic E-state index is 0.00260. The second-order valence-corrected chi connectivity index (χ2v) is 8.09. The monoisotopic (exact) mass is 428 g/mol. The van der Waals surface area contributed by atoms with E-state index in [2.05, 4.69) is 36.4 Å². The van der Waals surface area contributed by atoms with Crippen molar-refractivity contribution < 1.29 is 13.9 Å². The van der Waals surface area contributed by atoms with Gasteiger partial charge >= 0.3 is 6.03 Å². The average Bonchev–Trinajstić information content (AvgIpc) is 2.65. The van der Waals surface area contributed by atoms with Crippen LogP contribution in [-0.4, -0.2) is 11.0 Å². The summed E-state index contributed by atoms with van der Waals surface area (Å²) in [5, 5.41) is 5.52. The lowest BCUT2D eigenvalue weighted by atomic mass is 9.87. The number of hydrogen-bond acceptors (Lipinski definition) is 4. The number of benzene rings is 2. The van der Waals surface area contributed by atoms with Gasteiger partial charge in [0.2, 0.25) is 0 Å². The Balaban J connectivity index is 1.70. The number of aromatic nitrogens is 1. The Hall–Kier alpha value is -3.32. The summed E-state index contributed by atoms with van der Waals surface area (Å²) in [4.78, 5) is 16.2. The lowest BCUT2D eigenvalue weighted by molar-refractivity contribution is 0.262. The van der Waals surface area contributed by atoms with Crippen LogP contribution in [0.5, 0.6) is 11.5 Å². The van der Waals surface area contributed by atoms with E-state index >= 15 is 0 Å². The number of nitrogens with zero attached hydrogens (tertiary/aromatic N) is 1. The van der Waals surface area contributed by atoms with E-state index in [0.717, 1.165) is 5.56 Å². The zero-order chi connectivity index (χ0) is 21.9. The van der Waals surface area contributed by atoms with E-state index in [9.17, 15) is 9.18 Å². The van der Waals surface area contributed by atoms with Crippen LogP contribution in [0.4, 0.5) is 26.4 Å². The highest BCUT2D eigenvalue weighted by Crippen LogP contribution is 2.30. The Morgan fingerprint density at radius 1 is 1.03 bits per heavy atom. The van der Waals surface area contributed by atoms with E-state index in [1.165, 1.54) is 30.5 Å². The van der Waals surface area contributed by atoms with Crippen molar-refractivity contribution in [3.8, 4) is 11.5 Å². The SMILES string of the molecule is CC(C)(C)c1ccc(Cl)c(NC(=O)Nc2ccc(Oc3ccnc(N)c3)cc2F)c1. The van der Waals surface area contributed by atoms with Gasteiger partial charge in [-0.1, -0.05) is 38.4 Å². The van der Waals surface area contributed by atoms with E-state index in [1.54, 1.807) is 18.2 Å². The molecular weight excluding hydrogens is 407 g/mol. The number of carbonyl (C=O) groups excluding carboxylic acids is 1. The predicted octanol–water partition coefficient (Wildman–Crippen LogP) is 6.19. The summed E-state index contributed by atoms with van der Waals surface area (Å²) in [5.74, 6) is 0.315. The lowest BCUT2D eigenvalue weighted by Gasteiger charge is -2.20. The molecule has 0 unspecified atom stereocenters. The molecule has 30 heavy (non-hydrogen) atoms. The second-order valence-electron chi connectivity index (χ2n) is 7.68. The molecule has 0 atom stereocenters. The van der Waals surface area contributed by atoms with Gasteiger partial charge in [0.1, 0.15) is 23.1 Å². The molecule has 3 aromatic rings. The predicted molar refractivity (Wildman–Crippen MR) is 118 cm³/mol. The molecule has 0 saturated heterocycles. The van der Waals surface area contributed by atoms with Gasteiger partial charge in [-0.3, -0.25) is 0 Å². The van der Waals surface area contributed by atoms with Crippen molar-refractivity contribution in [3.63, 3.8) is 0 Å². The summed E-state index contributed by atoms with van der Waals surface area (Å²) in [6.07, 6.45) is 1.49. The minimum atomic E-state index is -0.654. The van der Waals surface area contributed by atoms with Gasteiger partial charge in [-0.2, -0.15) is 0 Å². The Labute approximate surface area is 179 Å². The molecule has 1 aromatic heterocycles. The number of nitrogen functional groups attached to an aromatic ring is 1. The fourth-order valence-electron chi connectivity index (χ4n) is 2.65. The number of carbonyl (C=O) groups is 1. The third-order valence-corrected chi connectivity index (χ3v) is 4.59. The fourth-order valence-corrected chi connectivity index (χ4v) is 2.82. The van der Waals surface area contributed by atoms with Crippen LogP contribution >= 0.6 is 11.6 Å². The molecule has 0 saturated carbocycles. The molecule has 156 valence electrons. The number of amides is 2. The minimum Gasteiger partial charge on any atom is -0.457 e. The Morgan fingerprint density at radius 3 is 2.40 bits per heavy atom. The highest BCUT2D eigenvalue weighted by molar-refractivity contribution is 6.33. The van der Waals surface area contributed by atoms with Crippen molar-refractivity contribution in [1.29, 1.82) is 0 Å². The molecule has 8 heteroatoms. The molecule has 3 rings (SSSR count). The first-order chi connectivity index (χ1) is 14.1. The van der Waals surface area contributed by atoms with Gasteiger partial charge in [0.25, 0.3) is 0 Å². The Bertz CT molecular complexity index is 1080. The molecule has 0 fully saturated rings. The number of urea groups is 1. The fraction of sp³-hybridized carbons (Fsp3) is 0.182. The Kier molecular flexibility index (Phi) is 6.12. The van der Waals surface area contributed by atoms with Gasteiger partial charge in [0.05, 0.1) is 16.4 Å². The van der Waals surface area contributed by atoms with E-state index in [-0.39, 0.29) is 22.7 Å². The maximum absolute atomic E-state index is 14.4. The first-order valence-electron chi connectivity index (χ1n) is 9.19. The quantitative estimate of drug-likeness (QED) is 0.462. The molecule has 0 spiro atoms. The van der Waals surface area contributed by atoms with Crippen molar-refractivity contribution in [1.82, 2.24) is 4.98 Å². The maximum atomic E-state index is 14.4. The molecule has 0 bridgehead atoms. The van der Waals surface area contributed by atoms with Crippen LogP contribution in [-0.2, 0) is 5.41 Å². The maximum Gasteiger partial charge on any atom is 0.323 e. The Morgan fingerprint density at radius 2 is 1.73 bits per heavy atom. The van der Waals surface area contributed by atoms with Crippen molar-refractivity contribution in [2.45, 2.75) is 26.2 Å². The molecule has 0 aliphatic heterocycles. The number of rotatable bonds is 4. The third kappa shape index (κ3) is 5.39. The van der Waals surface area contributed by atoms with Gasteiger partial charge < -0.3 is 21.1 Å². The number of ether oxygens (including phenoxy) is 1. The standard InChI is InChI=1S/C22H22ClFN4O2/c1-22(2,3)13-4-6-16(23)19(10-13)28-21(29)27-18-7-5-14(11-17(18)24)30-15-8-9-26-20(25)12-15/h4-12H,1-3H3,(H2,25,26)(H2,27,28,29). The van der Waals surface area contributed by atoms with Crippen LogP contribution in [0.25, 0.3) is 0 Å². The smallest absolute Gasteiger partial charge is 0.323 e. The molecule has 4 N–H and O–H groups in total. The van der Waals surface area contributed by atoms with Crippen molar-refractivity contribution in [2.75, 3.05) is 16.4 Å². The van der Waals surface area contributed by atoms with E-state index in [0.29, 0.717) is 16.5 Å². The number of halogens is 2. The number of nitrogens with one attached hydrogen (secondary N) is 2. The summed E-state index contributed by atoms with van der Waals surface area (Å²) < 4.78 is 20.0. The second kappa shape index (κ2) is 8.59. The lowest BCUT2D eigenvalue weighted by Crippen LogP contribution is -2.21. The average molecular weight is 429 g/mol. The first-order valence-corrected chi connectivity index (χ1v) is 9.56. The summed E-state index contributed by atoms with van der Waals surface area (Å²) in [5.41, 5.74) is 6.93. The largest absolute Gasteiger partial charge is 0.457 e. The molecule has 2 amide bonds. The van der Waals surface area contributed by atoms with Crippen LogP contribution in [0.2, 0.25) is 5.02 Å². The molecular formula is C22H22ClFN4O2. The molecule has 0 aliphatic rings. The topological polar surface area (TPSA) is 89.3 Å². The molecule has 0 radical (unpaired) electrons. The summed E-state index contributed by atoms with van der Waals surface area (Å²) in [7, 11) is 0. The van der Waals surface area contributed by atoms with Gasteiger partial charge in [-0.05, 0) is 41.3 Å². The van der Waals surface area contributed by atoms with Crippen LogP contribution < -0.4 is 21.1 Å². The van der Waals surface area contributed by atoms with Crippen molar-refractivity contribution in [3.05, 3.63) is 71.1 Å².